The van der Waals surface area contributed by atoms with Crippen LogP contribution in [0.15, 0.2) is 132 Å². The van der Waals surface area contributed by atoms with E-state index in [1.54, 1.807) is 0 Å². The average molecular weight is 773 g/mol. The first-order valence-electron chi connectivity index (χ1n) is 14.3. The molecule has 17 nitrogen and oxygen atoms in total. The van der Waals surface area contributed by atoms with Gasteiger partial charge >= 0.3 is 59.1 Å². The first kappa shape index (κ1) is 41.2. The zero-order chi connectivity index (χ0) is 36.7. The average Bonchev–Trinajstić information content (AvgIpc) is 3.07. The molecule has 0 spiro atoms. The Balaban J connectivity index is 0.00000314. The number of fused-ring (bicyclic) bond motifs is 2. The van der Waals surface area contributed by atoms with Crippen LogP contribution in [0.3, 0.4) is 0 Å². The SMILES string of the molecule is Nc1ccc2c(O)c(N=Nc3cccc([N+]([O-])=Nc4cccc(N=Nc5c(S(=O)(=O)[O-])cc6ccc(N)cc6c5O)c4)c3)c(S(=O)(=O)[O-])cc2c1.[Na+].[Na+]. The summed E-state index contributed by atoms with van der Waals surface area (Å²) >= 11 is 0. The van der Waals surface area contributed by atoms with Gasteiger partial charge in [-0.3, -0.25) is 0 Å². The largest absolute Gasteiger partial charge is 1.00 e. The fraction of sp³-hybridized carbons (Fsp3) is 0. The van der Waals surface area contributed by atoms with Crippen LogP contribution in [0.4, 0.5) is 45.5 Å². The molecule has 6 N–H and O–H groups in total. The van der Waals surface area contributed by atoms with E-state index in [2.05, 4.69) is 25.6 Å². The summed E-state index contributed by atoms with van der Waals surface area (Å²) in [5.74, 6) is -1.25. The second-order valence-electron chi connectivity index (χ2n) is 10.8. The minimum atomic E-state index is -5.12. The third kappa shape index (κ3) is 9.16. The van der Waals surface area contributed by atoms with Gasteiger partial charge in [-0.1, -0.05) is 23.1 Å². The molecule has 0 heterocycles. The molecule has 0 aromatic heterocycles. The fourth-order valence-electron chi connectivity index (χ4n) is 4.97. The van der Waals surface area contributed by atoms with E-state index in [4.69, 9.17) is 11.5 Å². The molecule has 0 fully saturated rings. The molecule has 0 saturated carbocycles. The summed E-state index contributed by atoms with van der Waals surface area (Å²) in [7, 11) is -10.2. The molecule has 0 amide bonds. The number of benzene rings is 6. The van der Waals surface area contributed by atoms with Crippen molar-refractivity contribution in [2.75, 3.05) is 11.5 Å². The van der Waals surface area contributed by atoms with Gasteiger partial charge in [-0.05, 0) is 77.5 Å². The van der Waals surface area contributed by atoms with E-state index in [1.807, 2.05) is 0 Å². The number of rotatable bonds is 8. The van der Waals surface area contributed by atoms with Crippen LogP contribution >= 0.6 is 0 Å². The number of phenols is 2. The Bertz CT molecular complexity index is 2730. The van der Waals surface area contributed by atoms with Crippen LogP contribution in [0.25, 0.3) is 21.5 Å². The molecular formula is C32H22N8Na2O9S2. The van der Waals surface area contributed by atoms with Gasteiger partial charge < -0.3 is 36.0 Å². The third-order valence-corrected chi connectivity index (χ3v) is 9.01. The van der Waals surface area contributed by atoms with Crippen LogP contribution < -0.4 is 70.6 Å². The zero-order valence-corrected chi connectivity index (χ0v) is 33.3. The normalized spacial score (nSPS) is 12.3. The number of nitrogens with two attached hydrogens (primary N) is 2. The monoisotopic (exact) mass is 772 g/mol. The minimum absolute atomic E-state index is 0. The van der Waals surface area contributed by atoms with Crippen LogP contribution in [0.2, 0.25) is 0 Å². The Labute approximate surface area is 345 Å². The quantitative estimate of drug-likeness (QED) is 0.0425. The predicted octanol–water partition coefficient (Wildman–Crippen LogP) is 1.14. The van der Waals surface area contributed by atoms with Crippen molar-refractivity contribution < 1.29 is 100 Å². The molecular weight excluding hydrogens is 751 g/mol. The maximum absolute atomic E-state index is 13.0. The summed E-state index contributed by atoms with van der Waals surface area (Å²) in [6.45, 7) is 0. The number of hydrogen-bond donors (Lipinski definition) is 4. The van der Waals surface area contributed by atoms with Crippen molar-refractivity contribution in [1.82, 2.24) is 0 Å². The predicted molar refractivity (Wildman–Crippen MR) is 183 cm³/mol. The number of phenolic OH excluding ortho intramolecular Hbond substituents is 2. The second-order valence-corrected chi connectivity index (χ2v) is 13.5. The molecule has 53 heavy (non-hydrogen) atoms. The Morgan fingerprint density at radius 1 is 0.566 bits per heavy atom. The van der Waals surface area contributed by atoms with Crippen molar-refractivity contribution >= 4 is 87.3 Å². The Morgan fingerprint density at radius 2 is 1.08 bits per heavy atom. The van der Waals surface area contributed by atoms with Crippen LogP contribution in [-0.2, 0) is 20.2 Å². The topological polar surface area (TPSA) is 295 Å². The number of anilines is 2. The zero-order valence-electron chi connectivity index (χ0n) is 27.6. The van der Waals surface area contributed by atoms with Crippen molar-refractivity contribution in [3.63, 3.8) is 0 Å². The van der Waals surface area contributed by atoms with E-state index >= 15 is 0 Å². The van der Waals surface area contributed by atoms with Gasteiger partial charge in [0.15, 0.2) is 11.5 Å². The van der Waals surface area contributed by atoms with Crippen molar-refractivity contribution in [1.29, 1.82) is 0 Å². The molecule has 6 aromatic rings. The van der Waals surface area contributed by atoms with E-state index in [0.29, 0.717) is 0 Å². The molecule has 0 saturated heterocycles. The van der Waals surface area contributed by atoms with Gasteiger partial charge in [0.1, 0.15) is 37.3 Å². The summed E-state index contributed by atoms with van der Waals surface area (Å²) in [6.07, 6.45) is 0. The molecule has 6 aromatic carbocycles. The van der Waals surface area contributed by atoms with Crippen LogP contribution in [-0.4, -0.2) is 41.0 Å². The van der Waals surface area contributed by atoms with E-state index < -0.39 is 52.9 Å². The van der Waals surface area contributed by atoms with Crippen LogP contribution in [0, 0.1) is 5.21 Å². The summed E-state index contributed by atoms with van der Waals surface area (Å²) < 4.78 is 72.0. The first-order chi connectivity index (χ1) is 24.1. The van der Waals surface area contributed by atoms with E-state index in [-0.39, 0.29) is 120 Å². The summed E-state index contributed by atoms with van der Waals surface area (Å²) in [6, 6.07) is 21.7. The molecule has 21 heteroatoms. The van der Waals surface area contributed by atoms with Gasteiger partial charge in [0.05, 0.1) is 21.2 Å². The molecule has 0 aliphatic rings. The second kappa shape index (κ2) is 16.2. The Kier molecular flexibility index (Phi) is 12.6. The maximum Gasteiger partial charge on any atom is 1.00 e. The van der Waals surface area contributed by atoms with E-state index in [9.17, 15) is 41.4 Å². The number of aromatic hydroxyl groups is 2. The first-order valence-corrected chi connectivity index (χ1v) is 17.1. The molecule has 0 aliphatic carbocycles. The molecule has 0 bridgehead atoms. The summed E-state index contributed by atoms with van der Waals surface area (Å²) in [5, 5.41) is 54.7. The van der Waals surface area contributed by atoms with Gasteiger partial charge in [0.25, 0.3) is 0 Å². The minimum Gasteiger partial charge on any atom is -0.744 e. The summed E-state index contributed by atoms with van der Waals surface area (Å²) in [5.41, 5.74) is 10.9. The van der Waals surface area contributed by atoms with Crippen LogP contribution in [0.1, 0.15) is 0 Å². The van der Waals surface area contributed by atoms with Crippen molar-refractivity contribution in [3.8, 4) is 11.5 Å². The number of nitrogens with zero attached hydrogens (tertiary/aromatic N) is 6. The molecule has 0 radical (unpaired) electrons. The smallest absolute Gasteiger partial charge is 0.744 e. The van der Waals surface area contributed by atoms with Gasteiger partial charge in [0.2, 0.25) is 5.69 Å². The van der Waals surface area contributed by atoms with Gasteiger partial charge in [-0.25, -0.2) is 16.8 Å². The third-order valence-electron chi connectivity index (χ3n) is 7.31. The number of nitrogen functional groups attached to an aromatic ring is 2. The van der Waals surface area contributed by atoms with Gasteiger partial charge in [0, 0.05) is 39.4 Å². The number of azo groups is 3. The van der Waals surface area contributed by atoms with E-state index in [1.165, 1.54) is 84.9 Å². The number of hydrogen-bond acceptors (Lipinski definition) is 16. The van der Waals surface area contributed by atoms with Crippen molar-refractivity contribution in [2.45, 2.75) is 9.79 Å². The maximum atomic E-state index is 13.0. The molecule has 258 valence electrons. The molecule has 0 unspecified atom stereocenters. The van der Waals surface area contributed by atoms with Crippen molar-refractivity contribution in [2.24, 2.45) is 25.6 Å². The molecule has 6 rings (SSSR count). The molecule has 0 aliphatic heterocycles. The Morgan fingerprint density at radius 3 is 1.70 bits per heavy atom. The molecule has 0 atom stereocenters. The van der Waals surface area contributed by atoms with Gasteiger partial charge in [-0.15, -0.1) is 10.2 Å². The van der Waals surface area contributed by atoms with Crippen molar-refractivity contribution in [3.05, 3.63) is 102 Å². The summed E-state index contributed by atoms with van der Waals surface area (Å²) in [4.78, 5) is -1.42. The standard InChI is InChI=1S/C32H24N8O9S2.2Na/c33-19-9-10-25-18(11-19)13-28(51(47,48)49)29(31(25)41)37-36-22-4-2-6-24(16-22)40(43)39-23-5-1-3-21(15-23)35-38-30-27(50(44,45)46)12-17-7-8-20(34)14-26(17)32(30)42;;/h1-16,41-42H,33-34H2,(H,44,45,46)(H,47,48,49);;/q;2*+1/p-2. The van der Waals surface area contributed by atoms with Gasteiger partial charge in [-0.2, -0.15) is 10.2 Å². The fourth-order valence-corrected chi connectivity index (χ4v) is 6.26. The Hall–Kier alpha value is -4.54. The van der Waals surface area contributed by atoms with Crippen LogP contribution in [0.5, 0.6) is 11.5 Å². The van der Waals surface area contributed by atoms with E-state index in [0.717, 1.165) is 12.1 Å².